The van der Waals surface area contributed by atoms with Crippen molar-refractivity contribution < 1.29 is 23.8 Å². The van der Waals surface area contributed by atoms with Gasteiger partial charge in [-0.1, -0.05) is 6.92 Å². The molecule has 1 aromatic heterocycles. The van der Waals surface area contributed by atoms with Crippen LogP contribution in [-0.4, -0.2) is 39.9 Å². The summed E-state index contributed by atoms with van der Waals surface area (Å²) in [5.74, 6) is -3.17. The Hall–Kier alpha value is -2.48. The summed E-state index contributed by atoms with van der Waals surface area (Å²) < 4.78 is 32.0. The van der Waals surface area contributed by atoms with Crippen LogP contribution in [0.4, 0.5) is 14.5 Å². The second-order valence-electron chi connectivity index (χ2n) is 8.65. The van der Waals surface area contributed by atoms with Gasteiger partial charge < -0.3 is 19.7 Å². The number of benzene rings is 1. The SMILES string of the molecule is C[C@@]12C[C@H](O)[C@@H]1CN(c1c(F)cc3c(=O)c(C(=O)O)cn(C4CC4)c3c1F)C2. The average Bonchev–Trinajstić information content (AvgIpc) is 3.41. The molecule has 5 rings (SSSR count). The van der Waals surface area contributed by atoms with Crippen molar-refractivity contribution in [3.05, 3.63) is 39.7 Å². The molecule has 2 heterocycles. The highest BCUT2D eigenvalue weighted by atomic mass is 19.1. The number of aliphatic hydroxyl groups is 1. The molecule has 2 aliphatic carbocycles. The summed E-state index contributed by atoms with van der Waals surface area (Å²) in [6.45, 7) is 2.77. The highest BCUT2D eigenvalue weighted by molar-refractivity contribution is 5.94. The maximum Gasteiger partial charge on any atom is 0.341 e. The Morgan fingerprint density at radius 3 is 2.61 bits per heavy atom. The van der Waals surface area contributed by atoms with E-state index in [1.54, 1.807) is 4.90 Å². The van der Waals surface area contributed by atoms with Gasteiger partial charge in [0.25, 0.3) is 0 Å². The summed E-state index contributed by atoms with van der Waals surface area (Å²) in [5, 5.41) is 19.0. The third kappa shape index (κ3) is 2.27. The number of pyridine rings is 1. The van der Waals surface area contributed by atoms with Crippen LogP contribution in [0.25, 0.3) is 10.9 Å². The molecule has 0 radical (unpaired) electrons. The van der Waals surface area contributed by atoms with Crippen LogP contribution in [0, 0.1) is 23.0 Å². The lowest BCUT2D eigenvalue weighted by Crippen LogP contribution is -2.48. The van der Waals surface area contributed by atoms with Gasteiger partial charge in [0, 0.05) is 31.2 Å². The van der Waals surface area contributed by atoms with Crippen LogP contribution in [0.1, 0.15) is 42.6 Å². The maximum atomic E-state index is 15.6. The Balaban J connectivity index is 1.73. The molecule has 2 saturated carbocycles. The average molecular weight is 390 g/mol. The number of carboxylic acid groups (broad SMARTS) is 1. The highest BCUT2D eigenvalue weighted by Gasteiger charge is 2.56. The Bertz CT molecular complexity index is 1090. The molecule has 148 valence electrons. The molecular formula is C20H20F2N2O4. The number of aromatic nitrogens is 1. The number of aliphatic hydroxyl groups excluding tert-OH is 1. The van der Waals surface area contributed by atoms with E-state index < -0.39 is 34.7 Å². The molecule has 0 amide bonds. The minimum Gasteiger partial charge on any atom is -0.477 e. The van der Waals surface area contributed by atoms with Crippen LogP contribution in [0.3, 0.4) is 0 Å². The number of hydrogen-bond acceptors (Lipinski definition) is 4. The van der Waals surface area contributed by atoms with E-state index in [1.807, 2.05) is 6.92 Å². The maximum absolute atomic E-state index is 15.6. The summed E-state index contributed by atoms with van der Waals surface area (Å²) >= 11 is 0. The molecule has 0 spiro atoms. The zero-order valence-electron chi connectivity index (χ0n) is 15.3. The number of nitrogens with zero attached hydrogens (tertiary/aromatic N) is 2. The van der Waals surface area contributed by atoms with E-state index in [0.29, 0.717) is 19.5 Å². The molecule has 3 aliphatic rings. The van der Waals surface area contributed by atoms with Crippen molar-refractivity contribution in [2.45, 2.75) is 38.3 Å². The lowest BCUT2D eigenvalue weighted by atomic mass is 9.61. The van der Waals surface area contributed by atoms with Gasteiger partial charge in [0.1, 0.15) is 17.1 Å². The fourth-order valence-electron chi connectivity index (χ4n) is 5.02. The first-order valence-electron chi connectivity index (χ1n) is 9.44. The third-order valence-electron chi connectivity index (χ3n) is 6.67. The monoisotopic (exact) mass is 390 g/mol. The lowest BCUT2D eigenvalue weighted by molar-refractivity contribution is -0.0638. The van der Waals surface area contributed by atoms with E-state index in [9.17, 15) is 24.2 Å². The van der Waals surface area contributed by atoms with Crippen LogP contribution >= 0.6 is 0 Å². The van der Waals surface area contributed by atoms with Crippen molar-refractivity contribution in [2.75, 3.05) is 18.0 Å². The molecule has 3 atom stereocenters. The first kappa shape index (κ1) is 17.6. The molecule has 2 aromatic rings. The van der Waals surface area contributed by atoms with Crippen LogP contribution in [0.15, 0.2) is 17.1 Å². The molecule has 1 aliphatic heterocycles. The van der Waals surface area contributed by atoms with Gasteiger partial charge >= 0.3 is 5.97 Å². The standard InChI is InChI=1S/C20H20F2N2O4/c1-20-5-14(25)12(20)7-23(8-20)17-13(21)4-10-16(15(17)22)24(9-2-3-9)6-11(18(10)26)19(27)28/h4,6,9,12,14,25H,2-3,5,7-8H2,1H3,(H,27,28)/t12-,14-,20-/m0/s1. The number of anilines is 1. The van der Waals surface area contributed by atoms with Gasteiger partial charge in [0.15, 0.2) is 5.82 Å². The van der Waals surface area contributed by atoms with Gasteiger partial charge in [-0.2, -0.15) is 0 Å². The Morgan fingerprint density at radius 2 is 2.04 bits per heavy atom. The van der Waals surface area contributed by atoms with Crippen LogP contribution < -0.4 is 10.3 Å². The first-order chi connectivity index (χ1) is 13.2. The zero-order valence-corrected chi connectivity index (χ0v) is 15.3. The lowest BCUT2D eigenvalue weighted by Gasteiger charge is -2.45. The minimum absolute atomic E-state index is 0.0398. The molecule has 2 N–H and O–H groups in total. The first-order valence-corrected chi connectivity index (χ1v) is 9.44. The summed E-state index contributed by atoms with van der Waals surface area (Å²) in [5.41, 5.74) is -1.80. The topological polar surface area (TPSA) is 82.8 Å². The van der Waals surface area contributed by atoms with E-state index in [1.165, 1.54) is 10.8 Å². The van der Waals surface area contributed by atoms with Gasteiger partial charge in [-0.3, -0.25) is 4.79 Å². The van der Waals surface area contributed by atoms with E-state index >= 15 is 4.39 Å². The third-order valence-corrected chi connectivity index (χ3v) is 6.67. The second-order valence-corrected chi connectivity index (χ2v) is 8.65. The second kappa shape index (κ2) is 5.53. The fraction of sp³-hybridized carbons (Fsp3) is 0.500. The molecule has 1 saturated heterocycles. The van der Waals surface area contributed by atoms with Gasteiger partial charge in [-0.25, -0.2) is 13.6 Å². The summed E-state index contributed by atoms with van der Waals surface area (Å²) in [7, 11) is 0. The van der Waals surface area contributed by atoms with E-state index in [2.05, 4.69) is 0 Å². The minimum atomic E-state index is -1.41. The van der Waals surface area contributed by atoms with Gasteiger partial charge in [-0.15, -0.1) is 0 Å². The number of carbonyl (C=O) groups is 1. The number of fused-ring (bicyclic) bond motifs is 2. The molecule has 3 fully saturated rings. The summed E-state index contributed by atoms with van der Waals surface area (Å²) in [4.78, 5) is 25.6. The number of halogens is 2. The normalized spacial score (nSPS) is 29.1. The number of hydrogen-bond donors (Lipinski definition) is 2. The highest BCUT2D eigenvalue weighted by Crippen LogP contribution is 2.53. The molecule has 8 heteroatoms. The predicted octanol–water partition coefficient (Wildman–Crippen LogP) is 2.52. The van der Waals surface area contributed by atoms with Crippen molar-refractivity contribution in [1.29, 1.82) is 0 Å². The van der Waals surface area contributed by atoms with Crippen molar-refractivity contribution in [3.8, 4) is 0 Å². The van der Waals surface area contributed by atoms with Crippen molar-refractivity contribution in [2.24, 2.45) is 11.3 Å². The predicted molar refractivity (Wildman–Crippen MR) is 97.8 cm³/mol. The van der Waals surface area contributed by atoms with Gasteiger partial charge in [-0.05, 0) is 30.7 Å². The molecule has 6 nitrogen and oxygen atoms in total. The molecule has 1 aromatic carbocycles. The number of carboxylic acids is 1. The van der Waals surface area contributed by atoms with Crippen molar-refractivity contribution >= 4 is 22.6 Å². The quantitative estimate of drug-likeness (QED) is 0.842. The molecule has 0 unspecified atom stereocenters. The van der Waals surface area contributed by atoms with Crippen molar-refractivity contribution in [1.82, 2.24) is 4.57 Å². The zero-order chi connectivity index (χ0) is 20.0. The summed E-state index contributed by atoms with van der Waals surface area (Å²) in [6.07, 6.45) is 2.80. The van der Waals surface area contributed by atoms with Gasteiger partial charge in [0.2, 0.25) is 5.43 Å². The van der Waals surface area contributed by atoms with Gasteiger partial charge in [0.05, 0.1) is 17.0 Å². The Morgan fingerprint density at radius 1 is 1.32 bits per heavy atom. The largest absolute Gasteiger partial charge is 0.477 e. The van der Waals surface area contributed by atoms with E-state index in [0.717, 1.165) is 18.9 Å². The van der Waals surface area contributed by atoms with Crippen LogP contribution in [0.2, 0.25) is 0 Å². The molecule has 0 bridgehead atoms. The van der Waals surface area contributed by atoms with E-state index in [4.69, 9.17) is 0 Å². The van der Waals surface area contributed by atoms with Crippen LogP contribution in [-0.2, 0) is 0 Å². The van der Waals surface area contributed by atoms with E-state index in [-0.39, 0.29) is 34.0 Å². The van der Waals surface area contributed by atoms with Crippen molar-refractivity contribution in [3.63, 3.8) is 0 Å². The Kier molecular flexibility index (Phi) is 3.48. The molecular weight excluding hydrogens is 370 g/mol. The smallest absolute Gasteiger partial charge is 0.341 e. The summed E-state index contributed by atoms with van der Waals surface area (Å²) in [6, 6.07) is 0.864. The number of rotatable bonds is 3. The molecule has 28 heavy (non-hydrogen) atoms. The Labute approximate surface area is 159 Å². The fourth-order valence-corrected chi connectivity index (χ4v) is 5.02. The van der Waals surface area contributed by atoms with Crippen LogP contribution in [0.5, 0.6) is 0 Å². The number of aromatic carboxylic acids is 1.